The summed E-state index contributed by atoms with van der Waals surface area (Å²) >= 11 is 0. The fourth-order valence-corrected chi connectivity index (χ4v) is 1.81. The first-order chi connectivity index (χ1) is 8.47. The number of benzene rings is 1. The molecule has 2 amide bonds. The van der Waals surface area contributed by atoms with Gasteiger partial charge in [0.15, 0.2) is 0 Å². The van der Waals surface area contributed by atoms with Crippen molar-refractivity contribution < 1.29 is 9.59 Å². The van der Waals surface area contributed by atoms with Crippen molar-refractivity contribution in [3.63, 3.8) is 0 Å². The summed E-state index contributed by atoms with van der Waals surface area (Å²) in [5.74, 6) is 0.279. The minimum Gasteiger partial charge on any atom is -0.349 e. The summed E-state index contributed by atoms with van der Waals surface area (Å²) in [6.07, 6.45) is 0.402. The maximum Gasteiger partial charge on any atom is 0.251 e. The first kappa shape index (κ1) is 12.6. The molecule has 1 unspecified atom stereocenters. The number of nitrogens with one attached hydrogen (secondary N) is 2. The van der Waals surface area contributed by atoms with E-state index in [4.69, 9.17) is 0 Å². The second-order valence-corrected chi connectivity index (χ2v) is 5.10. The van der Waals surface area contributed by atoms with E-state index in [9.17, 15) is 9.59 Å². The van der Waals surface area contributed by atoms with Crippen LogP contribution in [0.2, 0.25) is 0 Å². The zero-order valence-corrected chi connectivity index (χ0v) is 10.9. The largest absolute Gasteiger partial charge is 0.349 e. The van der Waals surface area contributed by atoms with Crippen molar-refractivity contribution in [3.8, 4) is 0 Å². The first-order valence-electron chi connectivity index (χ1n) is 6.21. The Kier molecular flexibility index (Phi) is 3.36. The van der Waals surface area contributed by atoms with Crippen LogP contribution in [0.1, 0.15) is 36.7 Å². The number of carbonyl (C=O) groups excluding carboxylic acids is 2. The molecule has 0 aliphatic carbocycles. The molecule has 1 aromatic rings. The quantitative estimate of drug-likeness (QED) is 0.856. The van der Waals surface area contributed by atoms with Crippen LogP contribution in [-0.4, -0.2) is 17.9 Å². The molecule has 1 heterocycles. The van der Waals surface area contributed by atoms with Gasteiger partial charge in [0, 0.05) is 17.3 Å². The van der Waals surface area contributed by atoms with Gasteiger partial charge in [-0.1, -0.05) is 19.9 Å². The Balaban J connectivity index is 2.13. The van der Waals surface area contributed by atoms with Crippen LogP contribution in [0.15, 0.2) is 18.2 Å². The Morgan fingerprint density at radius 2 is 2.06 bits per heavy atom. The zero-order valence-electron chi connectivity index (χ0n) is 10.9. The van der Waals surface area contributed by atoms with Crippen molar-refractivity contribution in [1.82, 2.24) is 5.32 Å². The number of rotatable bonds is 3. The van der Waals surface area contributed by atoms with Gasteiger partial charge in [-0.25, -0.2) is 0 Å². The molecule has 0 radical (unpaired) electrons. The fraction of sp³-hybridized carbons (Fsp3) is 0.429. The number of hydrogen-bond acceptors (Lipinski definition) is 2. The van der Waals surface area contributed by atoms with Crippen LogP contribution in [0, 0.1) is 5.92 Å². The Bertz CT molecular complexity index is 495. The average Bonchev–Trinajstić information content (AvgIpc) is 2.67. The summed E-state index contributed by atoms with van der Waals surface area (Å²) in [6.45, 7) is 6.11. The van der Waals surface area contributed by atoms with Crippen molar-refractivity contribution >= 4 is 17.5 Å². The molecule has 2 rings (SSSR count). The number of fused-ring (bicyclic) bond motifs is 1. The monoisotopic (exact) mass is 246 g/mol. The van der Waals surface area contributed by atoms with E-state index in [2.05, 4.69) is 24.5 Å². The number of carbonyl (C=O) groups is 2. The van der Waals surface area contributed by atoms with Crippen LogP contribution >= 0.6 is 0 Å². The van der Waals surface area contributed by atoms with E-state index in [-0.39, 0.29) is 17.9 Å². The van der Waals surface area contributed by atoms with Crippen LogP contribution in [0.25, 0.3) is 0 Å². The summed E-state index contributed by atoms with van der Waals surface area (Å²) in [7, 11) is 0. The van der Waals surface area contributed by atoms with Gasteiger partial charge in [0.1, 0.15) is 0 Å². The highest BCUT2D eigenvalue weighted by Gasteiger charge is 2.19. The van der Waals surface area contributed by atoms with Gasteiger partial charge in [0.05, 0.1) is 6.42 Å². The molecule has 1 aromatic carbocycles. The maximum absolute atomic E-state index is 12.0. The van der Waals surface area contributed by atoms with Crippen LogP contribution in [-0.2, 0) is 11.2 Å². The molecule has 4 heteroatoms. The summed E-state index contributed by atoms with van der Waals surface area (Å²) in [4.78, 5) is 23.3. The van der Waals surface area contributed by atoms with Crippen LogP contribution in [0.3, 0.4) is 0 Å². The first-order valence-corrected chi connectivity index (χ1v) is 6.21. The smallest absolute Gasteiger partial charge is 0.251 e. The fourth-order valence-electron chi connectivity index (χ4n) is 1.81. The minimum absolute atomic E-state index is 0.0156. The van der Waals surface area contributed by atoms with E-state index < -0.39 is 0 Å². The highest BCUT2D eigenvalue weighted by atomic mass is 16.2. The molecule has 0 saturated carbocycles. The lowest BCUT2D eigenvalue weighted by atomic mass is 10.0. The zero-order chi connectivity index (χ0) is 13.3. The Morgan fingerprint density at radius 3 is 2.72 bits per heavy atom. The van der Waals surface area contributed by atoms with E-state index in [1.54, 1.807) is 12.1 Å². The molecule has 1 aliphatic rings. The summed E-state index contributed by atoms with van der Waals surface area (Å²) in [5.41, 5.74) is 2.29. The third-order valence-electron chi connectivity index (χ3n) is 3.36. The molecule has 1 atom stereocenters. The third-order valence-corrected chi connectivity index (χ3v) is 3.36. The van der Waals surface area contributed by atoms with Crippen molar-refractivity contribution in [1.29, 1.82) is 0 Å². The number of amides is 2. The van der Waals surface area contributed by atoms with Crippen molar-refractivity contribution in [2.45, 2.75) is 33.2 Å². The molecule has 0 aromatic heterocycles. The topological polar surface area (TPSA) is 58.2 Å². The summed E-state index contributed by atoms with van der Waals surface area (Å²) in [6, 6.07) is 5.46. The van der Waals surface area contributed by atoms with Gasteiger partial charge in [-0.15, -0.1) is 0 Å². The highest BCUT2D eigenvalue weighted by molar-refractivity contribution is 6.02. The lowest BCUT2D eigenvalue weighted by molar-refractivity contribution is -0.115. The van der Waals surface area contributed by atoms with Crippen LogP contribution < -0.4 is 10.6 Å². The SMILES string of the molecule is CC(C)C(C)NC(=O)c1ccc2c(c1)NC(=O)C2. The lowest BCUT2D eigenvalue weighted by Gasteiger charge is -2.17. The molecule has 1 aliphatic heterocycles. The molecular weight excluding hydrogens is 228 g/mol. The van der Waals surface area contributed by atoms with E-state index in [0.717, 1.165) is 11.3 Å². The van der Waals surface area contributed by atoms with Gasteiger partial charge in [0.2, 0.25) is 5.91 Å². The molecule has 4 nitrogen and oxygen atoms in total. The third kappa shape index (κ3) is 2.53. The standard InChI is InChI=1S/C14H18N2O2/c1-8(2)9(3)15-14(18)11-5-4-10-7-13(17)16-12(10)6-11/h4-6,8-9H,7H2,1-3H3,(H,15,18)(H,16,17). The highest BCUT2D eigenvalue weighted by Crippen LogP contribution is 2.24. The van der Waals surface area contributed by atoms with E-state index in [1.165, 1.54) is 0 Å². The predicted molar refractivity (Wildman–Crippen MR) is 70.5 cm³/mol. The van der Waals surface area contributed by atoms with Gasteiger partial charge >= 0.3 is 0 Å². The molecular formula is C14H18N2O2. The lowest BCUT2D eigenvalue weighted by Crippen LogP contribution is -2.36. The molecule has 18 heavy (non-hydrogen) atoms. The van der Waals surface area contributed by atoms with Gasteiger partial charge in [-0.3, -0.25) is 9.59 Å². The van der Waals surface area contributed by atoms with Gasteiger partial charge in [0.25, 0.3) is 5.91 Å². The second-order valence-electron chi connectivity index (χ2n) is 5.10. The Labute approximate surface area is 107 Å². The Hall–Kier alpha value is -1.84. The second kappa shape index (κ2) is 4.80. The van der Waals surface area contributed by atoms with Crippen molar-refractivity contribution in [3.05, 3.63) is 29.3 Å². The molecule has 0 bridgehead atoms. The van der Waals surface area contributed by atoms with Gasteiger partial charge in [-0.2, -0.15) is 0 Å². The van der Waals surface area contributed by atoms with Crippen LogP contribution in [0.5, 0.6) is 0 Å². The molecule has 0 spiro atoms. The molecule has 2 N–H and O–H groups in total. The predicted octanol–water partition coefficient (Wildman–Crippen LogP) is 1.96. The minimum atomic E-state index is -0.0971. The van der Waals surface area contributed by atoms with E-state index in [0.29, 0.717) is 17.9 Å². The van der Waals surface area contributed by atoms with Crippen molar-refractivity contribution in [2.24, 2.45) is 5.92 Å². The number of anilines is 1. The Morgan fingerprint density at radius 1 is 1.33 bits per heavy atom. The summed E-state index contributed by atoms with van der Waals surface area (Å²) < 4.78 is 0. The normalized spacial score (nSPS) is 15.2. The maximum atomic E-state index is 12.0. The molecule has 0 fully saturated rings. The molecule has 96 valence electrons. The van der Waals surface area contributed by atoms with E-state index in [1.807, 2.05) is 13.0 Å². The molecule has 0 saturated heterocycles. The number of hydrogen-bond donors (Lipinski definition) is 2. The van der Waals surface area contributed by atoms with Gasteiger partial charge < -0.3 is 10.6 Å². The van der Waals surface area contributed by atoms with E-state index >= 15 is 0 Å². The summed E-state index contributed by atoms with van der Waals surface area (Å²) in [5, 5.41) is 5.70. The van der Waals surface area contributed by atoms with Gasteiger partial charge in [-0.05, 0) is 30.5 Å². The van der Waals surface area contributed by atoms with Crippen LogP contribution in [0.4, 0.5) is 5.69 Å². The average molecular weight is 246 g/mol. The van der Waals surface area contributed by atoms with Crippen molar-refractivity contribution in [2.75, 3.05) is 5.32 Å².